The number of Topliss-reactive ketones (excluding diaryl/α,β-unsaturated/α-hetero) is 1. The Bertz CT molecular complexity index is 995. The van der Waals surface area contributed by atoms with Crippen molar-refractivity contribution in [3.05, 3.63) is 65.9 Å². The third kappa shape index (κ3) is 3.45. The second kappa shape index (κ2) is 7.24. The zero-order valence-corrected chi connectivity index (χ0v) is 16.2. The molecule has 1 fully saturated rings. The van der Waals surface area contributed by atoms with Gasteiger partial charge < -0.3 is 9.84 Å². The summed E-state index contributed by atoms with van der Waals surface area (Å²) in [6.07, 6.45) is 1.62. The van der Waals surface area contributed by atoms with Gasteiger partial charge in [-0.2, -0.15) is 5.10 Å². The lowest BCUT2D eigenvalue weighted by Gasteiger charge is -2.29. The van der Waals surface area contributed by atoms with E-state index in [9.17, 15) is 9.90 Å². The second-order valence-electron chi connectivity index (χ2n) is 7.46. The minimum atomic E-state index is -1.07. The van der Waals surface area contributed by atoms with Crippen LogP contribution in [0.2, 0.25) is 0 Å². The maximum absolute atomic E-state index is 11.6. The van der Waals surface area contributed by atoms with E-state index in [0.29, 0.717) is 31.4 Å². The lowest BCUT2D eigenvalue weighted by Crippen LogP contribution is -2.32. The number of nitrogens with zero attached hydrogens (tertiary/aromatic N) is 2. The molecule has 0 bridgehead atoms. The van der Waals surface area contributed by atoms with E-state index in [-0.39, 0.29) is 5.78 Å². The fourth-order valence-corrected chi connectivity index (χ4v) is 3.74. The Hall–Kier alpha value is -2.92. The van der Waals surface area contributed by atoms with Crippen molar-refractivity contribution in [2.45, 2.75) is 38.2 Å². The Labute approximate surface area is 164 Å². The van der Waals surface area contributed by atoms with Crippen molar-refractivity contribution in [2.24, 2.45) is 0 Å². The summed E-state index contributed by atoms with van der Waals surface area (Å²) in [7, 11) is 1.64. The van der Waals surface area contributed by atoms with E-state index < -0.39 is 5.60 Å². The van der Waals surface area contributed by atoms with Gasteiger partial charge in [0.2, 0.25) is 0 Å². The predicted molar refractivity (Wildman–Crippen MR) is 108 cm³/mol. The number of ketones is 1. The number of carbonyl (C=O) groups excluding carboxylic acids is 1. The van der Waals surface area contributed by atoms with E-state index in [2.05, 4.69) is 19.1 Å². The van der Waals surface area contributed by atoms with Gasteiger partial charge in [0.15, 0.2) is 0 Å². The van der Waals surface area contributed by atoms with Crippen molar-refractivity contribution in [3.8, 4) is 22.7 Å². The highest BCUT2D eigenvalue weighted by atomic mass is 16.5. The summed E-state index contributed by atoms with van der Waals surface area (Å²) in [5.41, 5.74) is 3.54. The molecule has 1 N–H and O–H groups in total. The summed E-state index contributed by atoms with van der Waals surface area (Å²) in [5.74, 6) is 0.982. The number of aryl methyl sites for hydroxylation is 1. The molecule has 1 aromatic heterocycles. The predicted octanol–water partition coefficient (Wildman–Crippen LogP) is 4.19. The van der Waals surface area contributed by atoms with Crippen molar-refractivity contribution < 1.29 is 14.6 Å². The van der Waals surface area contributed by atoms with Gasteiger partial charge in [-0.1, -0.05) is 23.8 Å². The summed E-state index contributed by atoms with van der Waals surface area (Å²) >= 11 is 0. The van der Waals surface area contributed by atoms with Gasteiger partial charge in [0, 0.05) is 18.4 Å². The first-order chi connectivity index (χ1) is 13.5. The van der Waals surface area contributed by atoms with Crippen LogP contribution >= 0.6 is 0 Å². The average Bonchev–Trinajstić information content (AvgIpc) is 3.17. The van der Waals surface area contributed by atoms with Crippen molar-refractivity contribution in [1.82, 2.24) is 9.78 Å². The van der Waals surface area contributed by atoms with Crippen LogP contribution in [-0.2, 0) is 10.4 Å². The maximum Gasteiger partial charge on any atom is 0.133 e. The Morgan fingerprint density at radius 2 is 1.79 bits per heavy atom. The van der Waals surface area contributed by atoms with Crippen LogP contribution in [0.1, 0.15) is 36.9 Å². The van der Waals surface area contributed by atoms with Gasteiger partial charge in [-0.25, -0.2) is 4.68 Å². The Balaban J connectivity index is 1.83. The average molecular weight is 376 g/mol. The molecule has 1 aliphatic carbocycles. The van der Waals surface area contributed by atoms with E-state index in [1.165, 1.54) is 0 Å². The smallest absolute Gasteiger partial charge is 0.133 e. The highest BCUT2D eigenvalue weighted by Crippen LogP contribution is 2.37. The third-order valence-corrected chi connectivity index (χ3v) is 5.45. The van der Waals surface area contributed by atoms with E-state index in [1.807, 2.05) is 47.1 Å². The van der Waals surface area contributed by atoms with Crippen molar-refractivity contribution in [2.75, 3.05) is 7.11 Å². The number of aromatic nitrogens is 2. The first-order valence-electron chi connectivity index (χ1n) is 9.55. The first kappa shape index (κ1) is 18.4. The Morgan fingerprint density at radius 1 is 1.07 bits per heavy atom. The van der Waals surface area contributed by atoms with Gasteiger partial charge >= 0.3 is 0 Å². The summed E-state index contributed by atoms with van der Waals surface area (Å²) in [6.45, 7) is 2.05. The Morgan fingerprint density at radius 3 is 2.43 bits per heavy atom. The number of aliphatic hydroxyl groups is 1. The van der Waals surface area contributed by atoms with Crippen LogP contribution in [0.25, 0.3) is 16.9 Å². The molecule has 4 rings (SSSR count). The molecule has 0 aliphatic heterocycles. The molecule has 1 aliphatic rings. The highest BCUT2D eigenvalue weighted by Gasteiger charge is 2.37. The lowest BCUT2D eigenvalue weighted by molar-refractivity contribution is -0.125. The van der Waals surface area contributed by atoms with E-state index in [0.717, 1.165) is 28.3 Å². The summed E-state index contributed by atoms with van der Waals surface area (Å²) in [5, 5.41) is 16.0. The minimum absolute atomic E-state index is 0.207. The topological polar surface area (TPSA) is 64.3 Å². The number of hydrogen-bond acceptors (Lipinski definition) is 4. The molecule has 0 spiro atoms. The van der Waals surface area contributed by atoms with Gasteiger partial charge in [-0.15, -0.1) is 0 Å². The van der Waals surface area contributed by atoms with E-state index >= 15 is 0 Å². The largest absolute Gasteiger partial charge is 0.497 e. The standard InChI is InChI=1S/C23H24N2O3/c1-16-4-3-5-17(14-16)21-15-22(23(27)12-10-19(26)11-13-23)24-25(21)18-6-8-20(28-2)9-7-18/h3-9,14-15,27H,10-13H2,1-2H3. The number of hydrogen-bond donors (Lipinski definition) is 1. The number of methoxy groups -OCH3 is 1. The van der Waals surface area contributed by atoms with Crippen molar-refractivity contribution in [1.29, 1.82) is 0 Å². The van der Waals surface area contributed by atoms with Crippen LogP contribution in [0.3, 0.4) is 0 Å². The zero-order valence-electron chi connectivity index (χ0n) is 16.2. The first-order valence-corrected chi connectivity index (χ1v) is 9.55. The molecule has 2 aromatic carbocycles. The minimum Gasteiger partial charge on any atom is -0.497 e. The van der Waals surface area contributed by atoms with E-state index in [4.69, 9.17) is 9.84 Å². The van der Waals surface area contributed by atoms with Crippen LogP contribution in [0.4, 0.5) is 0 Å². The molecule has 0 unspecified atom stereocenters. The molecule has 144 valence electrons. The third-order valence-electron chi connectivity index (χ3n) is 5.45. The molecule has 0 amide bonds. The molecule has 1 heterocycles. The molecular formula is C23H24N2O3. The fourth-order valence-electron chi connectivity index (χ4n) is 3.74. The van der Waals surface area contributed by atoms with Crippen LogP contribution in [0.15, 0.2) is 54.6 Å². The molecule has 0 radical (unpaired) electrons. The van der Waals surface area contributed by atoms with Crippen LogP contribution in [0, 0.1) is 6.92 Å². The monoisotopic (exact) mass is 376 g/mol. The molecule has 28 heavy (non-hydrogen) atoms. The summed E-state index contributed by atoms with van der Waals surface area (Å²) in [4.78, 5) is 11.6. The maximum atomic E-state index is 11.6. The molecule has 5 nitrogen and oxygen atoms in total. The number of rotatable bonds is 4. The fraction of sp³-hybridized carbons (Fsp3) is 0.304. The quantitative estimate of drug-likeness (QED) is 0.742. The van der Waals surface area contributed by atoms with Crippen molar-refractivity contribution in [3.63, 3.8) is 0 Å². The summed E-state index contributed by atoms with van der Waals surface area (Å²) in [6, 6.07) is 17.9. The van der Waals surface area contributed by atoms with Crippen LogP contribution in [-0.4, -0.2) is 27.8 Å². The number of ether oxygens (including phenoxy) is 1. The zero-order chi connectivity index (χ0) is 19.7. The molecule has 0 saturated heterocycles. The number of benzene rings is 2. The van der Waals surface area contributed by atoms with Gasteiger partial charge in [-0.3, -0.25) is 4.79 Å². The van der Waals surface area contributed by atoms with Crippen LogP contribution < -0.4 is 4.74 Å². The van der Waals surface area contributed by atoms with Crippen LogP contribution in [0.5, 0.6) is 5.75 Å². The summed E-state index contributed by atoms with van der Waals surface area (Å²) < 4.78 is 7.12. The molecule has 3 aromatic rings. The van der Waals surface area contributed by atoms with Gasteiger partial charge in [-0.05, 0) is 56.2 Å². The Kier molecular flexibility index (Phi) is 4.77. The molecule has 5 heteroatoms. The SMILES string of the molecule is COc1ccc(-n2nc(C3(O)CCC(=O)CC3)cc2-c2cccc(C)c2)cc1. The van der Waals surface area contributed by atoms with Crippen molar-refractivity contribution >= 4 is 5.78 Å². The normalized spacial score (nSPS) is 16.2. The molecule has 0 atom stereocenters. The lowest BCUT2D eigenvalue weighted by atomic mass is 9.82. The van der Waals surface area contributed by atoms with E-state index in [1.54, 1.807) is 7.11 Å². The second-order valence-corrected chi connectivity index (χ2v) is 7.46. The van der Waals surface area contributed by atoms with Gasteiger partial charge in [0.1, 0.15) is 17.1 Å². The van der Waals surface area contributed by atoms with Gasteiger partial charge in [0.05, 0.1) is 24.2 Å². The van der Waals surface area contributed by atoms with Gasteiger partial charge in [0.25, 0.3) is 0 Å². The number of carbonyl (C=O) groups is 1. The highest BCUT2D eigenvalue weighted by molar-refractivity contribution is 5.79. The molecular weight excluding hydrogens is 352 g/mol. The molecule has 1 saturated carbocycles.